The number of allylic oxidation sites excluding steroid dienone is 15. The molecule has 0 aromatic carbocycles. The molecule has 1 N–H and O–H groups in total. The summed E-state index contributed by atoms with van der Waals surface area (Å²) in [7, 11) is 0. The van der Waals surface area contributed by atoms with Crippen molar-refractivity contribution in [2.75, 3.05) is 6.61 Å². The third-order valence-corrected chi connectivity index (χ3v) is 9.66. The van der Waals surface area contributed by atoms with Crippen molar-refractivity contribution < 1.29 is 9.84 Å². The second kappa shape index (κ2) is 24.9. The Kier molecular flexibility index (Phi) is 22.7. The summed E-state index contributed by atoms with van der Waals surface area (Å²) in [5.74, 6) is 0. The molecule has 0 aromatic heterocycles. The van der Waals surface area contributed by atoms with Gasteiger partial charge in [-0.1, -0.05) is 93.2 Å². The Balaban J connectivity index is 2.23. The molecule has 47 heavy (non-hydrogen) atoms. The zero-order valence-electron chi connectivity index (χ0n) is 32.6. The molecule has 0 spiro atoms. The van der Waals surface area contributed by atoms with E-state index in [0.717, 1.165) is 77.0 Å². The van der Waals surface area contributed by atoms with E-state index in [1.54, 1.807) is 0 Å². The number of hydrogen-bond donors (Lipinski definition) is 1. The van der Waals surface area contributed by atoms with Gasteiger partial charge in [-0.05, 0) is 172 Å². The lowest BCUT2D eigenvalue weighted by Crippen LogP contribution is -2.09. The minimum atomic E-state index is 0.0711. The van der Waals surface area contributed by atoms with Crippen LogP contribution in [0.5, 0.6) is 0 Å². The van der Waals surface area contributed by atoms with Crippen LogP contribution in [0.3, 0.4) is 0 Å². The van der Waals surface area contributed by atoms with Crippen molar-refractivity contribution in [3.05, 3.63) is 93.2 Å². The molecule has 1 rings (SSSR count). The highest BCUT2D eigenvalue weighted by Gasteiger charge is 2.50. The summed E-state index contributed by atoms with van der Waals surface area (Å²) in [4.78, 5) is 0. The molecule has 1 saturated heterocycles. The monoisotopic (exact) mass is 647 g/mol. The number of rotatable bonds is 25. The summed E-state index contributed by atoms with van der Waals surface area (Å²) >= 11 is 0. The fourth-order valence-corrected chi connectivity index (χ4v) is 6.03. The highest BCUT2D eigenvalue weighted by molar-refractivity contribution is 5.10. The first-order valence-corrected chi connectivity index (χ1v) is 18.9. The second-order valence-electron chi connectivity index (χ2n) is 15.0. The van der Waals surface area contributed by atoms with E-state index in [0.29, 0.717) is 6.10 Å². The molecule has 1 aliphatic heterocycles. The predicted molar refractivity (Wildman–Crippen MR) is 210 cm³/mol. The Morgan fingerprint density at radius 1 is 0.468 bits per heavy atom. The van der Waals surface area contributed by atoms with Gasteiger partial charge in [-0.3, -0.25) is 0 Å². The van der Waals surface area contributed by atoms with Crippen LogP contribution in [0.15, 0.2) is 93.2 Å². The topological polar surface area (TPSA) is 32.8 Å². The van der Waals surface area contributed by atoms with E-state index in [4.69, 9.17) is 9.84 Å². The summed E-state index contributed by atoms with van der Waals surface area (Å²) in [6.07, 6.45) is 37.4. The Hall–Kier alpha value is -2.16. The molecule has 0 aromatic rings. The van der Waals surface area contributed by atoms with Gasteiger partial charge in [-0.15, -0.1) is 0 Å². The fourth-order valence-electron chi connectivity index (χ4n) is 6.03. The number of ether oxygens (including phenoxy) is 1. The number of aliphatic hydroxyl groups is 1. The van der Waals surface area contributed by atoms with Crippen molar-refractivity contribution >= 4 is 0 Å². The largest absolute Gasteiger partial charge is 0.392 e. The lowest BCUT2D eigenvalue weighted by Gasteiger charge is -2.06. The van der Waals surface area contributed by atoms with Gasteiger partial charge >= 0.3 is 0 Å². The summed E-state index contributed by atoms with van der Waals surface area (Å²) < 4.78 is 6.18. The molecular formula is C45H74O2. The van der Waals surface area contributed by atoms with E-state index >= 15 is 0 Å². The van der Waals surface area contributed by atoms with E-state index < -0.39 is 0 Å². The van der Waals surface area contributed by atoms with E-state index in [1.807, 2.05) is 6.08 Å². The Morgan fingerprint density at radius 3 is 1.15 bits per heavy atom. The summed E-state index contributed by atoms with van der Waals surface area (Å²) in [6, 6.07) is 0. The normalized spacial score (nSPS) is 20.2. The van der Waals surface area contributed by atoms with Gasteiger partial charge in [0.2, 0.25) is 0 Å². The van der Waals surface area contributed by atoms with Gasteiger partial charge in [0.05, 0.1) is 18.3 Å². The molecule has 0 amide bonds. The minimum absolute atomic E-state index is 0.0711. The van der Waals surface area contributed by atoms with Gasteiger partial charge in [0.25, 0.3) is 0 Å². The Bertz CT molecular complexity index is 1140. The molecule has 1 aliphatic rings. The third-order valence-electron chi connectivity index (χ3n) is 9.66. The third kappa shape index (κ3) is 22.9. The van der Waals surface area contributed by atoms with Crippen molar-refractivity contribution in [2.45, 2.75) is 184 Å². The van der Waals surface area contributed by atoms with Crippen molar-refractivity contribution in [3.63, 3.8) is 0 Å². The maximum atomic E-state index is 8.98. The van der Waals surface area contributed by atoms with E-state index in [1.165, 1.54) is 70.3 Å². The van der Waals surface area contributed by atoms with Gasteiger partial charge in [-0.2, -0.15) is 0 Å². The molecule has 0 aliphatic carbocycles. The average Bonchev–Trinajstić information content (AvgIpc) is 3.65. The quantitative estimate of drug-likeness (QED) is 0.0791. The Morgan fingerprint density at radius 2 is 0.787 bits per heavy atom. The lowest BCUT2D eigenvalue weighted by atomic mass is 9.96. The maximum absolute atomic E-state index is 8.98. The van der Waals surface area contributed by atoms with Crippen molar-refractivity contribution in [3.8, 4) is 0 Å². The summed E-state index contributed by atoms with van der Waals surface area (Å²) in [5.41, 5.74) is 11.8. The summed E-state index contributed by atoms with van der Waals surface area (Å²) in [6.45, 7) is 22.6. The van der Waals surface area contributed by atoms with Gasteiger partial charge in [0, 0.05) is 0 Å². The van der Waals surface area contributed by atoms with Crippen LogP contribution in [0.25, 0.3) is 0 Å². The molecule has 2 atom stereocenters. The van der Waals surface area contributed by atoms with Crippen molar-refractivity contribution in [1.82, 2.24) is 0 Å². The van der Waals surface area contributed by atoms with Gasteiger partial charge in [0.15, 0.2) is 0 Å². The van der Waals surface area contributed by atoms with Crippen LogP contribution >= 0.6 is 0 Å². The molecule has 0 radical (unpaired) electrons. The van der Waals surface area contributed by atoms with Crippen LogP contribution in [0.1, 0.15) is 172 Å². The first kappa shape index (κ1) is 42.9. The van der Waals surface area contributed by atoms with Crippen LogP contribution in [0, 0.1) is 0 Å². The Labute approximate surface area is 292 Å². The van der Waals surface area contributed by atoms with Crippen molar-refractivity contribution in [2.24, 2.45) is 0 Å². The number of hydrogen-bond acceptors (Lipinski definition) is 2. The molecule has 2 nitrogen and oxygen atoms in total. The first-order chi connectivity index (χ1) is 22.3. The molecule has 266 valence electrons. The van der Waals surface area contributed by atoms with Crippen molar-refractivity contribution in [1.29, 1.82) is 0 Å². The second-order valence-corrected chi connectivity index (χ2v) is 15.0. The standard InChI is InChI=1S/C45H74O2/c1-36(2)18-11-19-37(3)20-12-21-38(4)22-13-23-39(5)24-14-27-41(7)30-17-34-45(10)44(47-45)32-31-42(8)28-15-25-40(6)26-16-29-43(9)33-35-46/h18,20,22,24,26,28,30,33,44,46H,11-17,19,21,23,25,27,29,31-32,34-35H2,1-10H3/b37-20+,38-22+,39-24+,40-26+,41-30+,42-28+,43-33+. The molecular weight excluding hydrogens is 572 g/mol. The van der Waals surface area contributed by atoms with Crippen LogP contribution in [0.4, 0.5) is 0 Å². The molecule has 1 heterocycles. The smallest absolute Gasteiger partial charge is 0.0923 e. The van der Waals surface area contributed by atoms with E-state index in [9.17, 15) is 0 Å². The van der Waals surface area contributed by atoms with Gasteiger partial charge in [0.1, 0.15) is 0 Å². The zero-order chi connectivity index (χ0) is 35.1. The highest BCUT2D eigenvalue weighted by atomic mass is 16.6. The first-order valence-electron chi connectivity index (χ1n) is 18.9. The van der Waals surface area contributed by atoms with Crippen LogP contribution in [0.2, 0.25) is 0 Å². The number of epoxide rings is 1. The maximum Gasteiger partial charge on any atom is 0.0923 e. The van der Waals surface area contributed by atoms with Crippen LogP contribution < -0.4 is 0 Å². The fraction of sp³-hybridized carbons (Fsp3) is 0.644. The SMILES string of the molecule is CC(C)=CCC/C(C)=C/CC/C(C)=C/CC/C(C)=C/CC/C(C)=C/CCC1(C)OC1CC/C(C)=C/CC/C(C)=C/CC/C(C)=C/CO. The minimum Gasteiger partial charge on any atom is -0.392 e. The molecule has 2 heteroatoms. The molecule has 0 bridgehead atoms. The molecule has 2 unspecified atom stereocenters. The molecule has 1 fully saturated rings. The van der Waals surface area contributed by atoms with Crippen LogP contribution in [-0.2, 0) is 4.74 Å². The van der Waals surface area contributed by atoms with E-state index in [-0.39, 0.29) is 12.2 Å². The molecule has 0 saturated carbocycles. The van der Waals surface area contributed by atoms with E-state index in [2.05, 4.69) is 112 Å². The number of aliphatic hydroxyl groups excluding tert-OH is 1. The average molecular weight is 647 g/mol. The lowest BCUT2D eigenvalue weighted by molar-refractivity contribution is 0.295. The highest BCUT2D eigenvalue weighted by Crippen LogP contribution is 2.43. The van der Waals surface area contributed by atoms with Crippen LogP contribution in [-0.4, -0.2) is 23.4 Å². The van der Waals surface area contributed by atoms with Gasteiger partial charge < -0.3 is 9.84 Å². The zero-order valence-corrected chi connectivity index (χ0v) is 32.6. The summed E-state index contributed by atoms with van der Waals surface area (Å²) in [5, 5.41) is 8.98. The van der Waals surface area contributed by atoms with Gasteiger partial charge in [-0.25, -0.2) is 0 Å². The predicted octanol–water partition coefficient (Wildman–Crippen LogP) is 14.0.